The van der Waals surface area contributed by atoms with Crippen molar-refractivity contribution in [2.75, 3.05) is 0 Å². The lowest BCUT2D eigenvalue weighted by molar-refractivity contribution is 1.30. The predicted octanol–water partition coefficient (Wildman–Crippen LogP) is 8.75. The number of rotatable bonds is 1. The summed E-state index contributed by atoms with van der Waals surface area (Å²) in [5.41, 5.74) is 7.61. The number of fused-ring (bicyclic) bond motifs is 8. The second-order valence-corrected chi connectivity index (χ2v) is 9.86. The summed E-state index contributed by atoms with van der Waals surface area (Å²) in [7, 11) is 0. The smallest absolute Gasteiger partial charge is 0.147 e. The molecular weight excluding hydrogens is 450 g/mol. The minimum atomic E-state index is 0.951. The van der Waals surface area contributed by atoms with Gasteiger partial charge in [-0.25, -0.2) is 4.98 Å². The minimum absolute atomic E-state index is 0.951. The van der Waals surface area contributed by atoms with E-state index in [9.17, 15) is 0 Å². The fourth-order valence-electron chi connectivity index (χ4n) is 6.33. The second-order valence-electron chi connectivity index (χ2n) is 9.86. The van der Waals surface area contributed by atoms with Gasteiger partial charge in [-0.2, -0.15) is 0 Å². The number of aromatic nitrogens is 3. The summed E-state index contributed by atoms with van der Waals surface area (Å²) in [4.78, 5) is 9.82. The molecule has 0 bridgehead atoms. The lowest BCUT2D eigenvalue weighted by atomic mass is 9.89. The monoisotopic (exact) mass is 469 g/mol. The Bertz CT molecular complexity index is 2350. The number of imidazole rings is 1. The Hall–Kier alpha value is -5.02. The highest BCUT2D eigenvalue weighted by molar-refractivity contribution is 6.25. The van der Waals surface area contributed by atoms with Crippen LogP contribution in [0.5, 0.6) is 0 Å². The topological polar surface area (TPSA) is 30.2 Å². The summed E-state index contributed by atoms with van der Waals surface area (Å²) in [5.74, 6) is 0. The molecule has 0 atom stereocenters. The summed E-state index contributed by atoms with van der Waals surface area (Å²) >= 11 is 0. The fourth-order valence-corrected chi connectivity index (χ4v) is 6.33. The second kappa shape index (κ2) is 6.80. The number of para-hydroxylation sites is 2. The molecule has 0 aliphatic carbocycles. The van der Waals surface area contributed by atoms with Gasteiger partial charge in [-0.05, 0) is 79.8 Å². The molecule has 0 amide bonds. The van der Waals surface area contributed by atoms with Crippen molar-refractivity contribution < 1.29 is 0 Å². The van der Waals surface area contributed by atoms with Crippen molar-refractivity contribution in [3.05, 3.63) is 115 Å². The van der Waals surface area contributed by atoms with Crippen LogP contribution in [0.25, 0.3) is 81.9 Å². The van der Waals surface area contributed by atoms with E-state index in [0.717, 1.165) is 38.5 Å². The van der Waals surface area contributed by atoms with Crippen LogP contribution >= 0.6 is 0 Å². The fraction of sp³-hybridized carbons (Fsp3) is 0. The number of hydrogen-bond acceptors (Lipinski definition) is 2. The third kappa shape index (κ3) is 2.45. The Balaban J connectivity index is 1.42. The molecule has 0 saturated heterocycles. The van der Waals surface area contributed by atoms with E-state index in [-0.39, 0.29) is 0 Å². The van der Waals surface area contributed by atoms with Crippen LogP contribution in [0.15, 0.2) is 115 Å². The number of hydrogen-bond donors (Lipinski definition) is 0. The zero-order valence-corrected chi connectivity index (χ0v) is 19.8. The predicted molar refractivity (Wildman–Crippen MR) is 155 cm³/mol. The van der Waals surface area contributed by atoms with E-state index in [2.05, 4.69) is 101 Å². The Morgan fingerprint density at radius 3 is 2.27 bits per heavy atom. The summed E-state index contributed by atoms with van der Waals surface area (Å²) in [6.07, 6.45) is 1.88. The van der Waals surface area contributed by atoms with E-state index in [1.807, 2.05) is 18.3 Å². The van der Waals surface area contributed by atoms with Crippen molar-refractivity contribution in [3.63, 3.8) is 0 Å². The van der Waals surface area contributed by atoms with Crippen LogP contribution in [-0.2, 0) is 0 Å². The van der Waals surface area contributed by atoms with Crippen LogP contribution in [0.2, 0.25) is 0 Å². The number of nitrogens with zero attached hydrogens (tertiary/aromatic N) is 3. The Labute approximate surface area is 211 Å². The average molecular weight is 470 g/mol. The molecule has 0 saturated carbocycles. The largest absolute Gasteiger partial charge is 0.292 e. The molecule has 0 radical (unpaired) electrons. The first-order valence-electron chi connectivity index (χ1n) is 12.6. The zero-order valence-electron chi connectivity index (χ0n) is 19.8. The number of benzene rings is 6. The summed E-state index contributed by atoms with van der Waals surface area (Å²) in [6.45, 7) is 0. The van der Waals surface area contributed by atoms with Gasteiger partial charge in [0.15, 0.2) is 0 Å². The first-order valence-corrected chi connectivity index (χ1v) is 12.6. The van der Waals surface area contributed by atoms with Gasteiger partial charge in [0.05, 0.1) is 22.1 Å². The Morgan fingerprint density at radius 2 is 1.35 bits per heavy atom. The molecule has 0 unspecified atom stereocenters. The van der Waals surface area contributed by atoms with Gasteiger partial charge in [-0.15, -0.1) is 0 Å². The van der Waals surface area contributed by atoms with Crippen molar-refractivity contribution in [1.82, 2.24) is 14.4 Å². The maximum Gasteiger partial charge on any atom is 0.147 e. The van der Waals surface area contributed by atoms with E-state index in [1.54, 1.807) is 0 Å². The molecule has 0 aliphatic heterocycles. The maximum atomic E-state index is 4.98. The van der Waals surface area contributed by atoms with Gasteiger partial charge in [0.2, 0.25) is 0 Å². The van der Waals surface area contributed by atoms with Crippen LogP contribution in [0.3, 0.4) is 0 Å². The standard InChI is InChI=1S/C34H19N3/c1-2-9-30-28(8-1)36-34-26-7-4-18-35-33(26)27-19-23(14-17-29(27)37(30)34)24-15-12-22-11-10-20-5-3-6-21-13-16-25(24)32(22)31(20)21/h1-19H. The SMILES string of the molecule is c1cc2ccc3ccc(-c4ccc5c(c4)c4ncccc4c4nc6ccccc6n54)c4ccc(c1)c2c34. The van der Waals surface area contributed by atoms with Crippen molar-refractivity contribution in [2.24, 2.45) is 0 Å². The van der Waals surface area contributed by atoms with Crippen LogP contribution < -0.4 is 0 Å². The van der Waals surface area contributed by atoms with E-state index >= 15 is 0 Å². The van der Waals surface area contributed by atoms with Crippen molar-refractivity contribution in [3.8, 4) is 11.1 Å². The van der Waals surface area contributed by atoms with Crippen LogP contribution in [0, 0.1) is 0 Å². The molecule has 3 heterocycles. The van der Waals surface area contributed by atoms with E-state index in [4.69, 9.17) is 9.97 Å². The Kier molecular flexibility index (Phi) is 3.53. The van der Waals surface area contributed by atoms with Gasteiger partial charge < -0.3 is 0 Å². The van der Waals surface area contributed by atoms with E-state index in [1.165, 1.54) is 43.4 Å². The average Bonchev–Trinajstić information content (AvgIpc) is 3.36. The highest BCUT2D eigenvalue weighted by Gasteiger charge is 2.16. The lowest BCUT2D eigenvalue weighted by Gasteiger charge is -2.15. The molecule has 0 spiro atoms. The maximum absolute atomic E-state index is 4.98. The third-order valence-corrected chi connectivity index (χ3v) is 7.94. The van der Waals surface area contributed by atoms with Crippen LogP contribution in [0.4, 0.5) is 0 Å². The molecule has 3 heteroatoms. The minimum Gasteiger partial charge on any atom is -0.292 e. The van der Waals surface area contributed by atoms with Gasteiger partial charge in [-0.1, -0.05) is 72.8 Å². The van der Waals surface area contributed by atoms with Crippen molar-refractivity contribution >= 4 is 70.8 Å². The summed E-state index contributed by atoms with van der Waals surface area (Å²) in [6, 6.07) is 39.4. The lowest BCUT2D eigenvalue weighted by Crippen LogP contribution is -1.94. The first-order chi connectivity index (χ1) is 18.3. The highest BCUT2D eigenvalue weighted by atomic mass is 15.0. The molecule has 0 fully saturated rings. The third-order valence-electron chi connectivity index (χ3n) is 7.94. The molecule has 170 valence electrons. The quantitative estimate of drug-likeness (QED) is 0.225. The Morgan fingerprint density at radius 1 is 0.541 bits per heavy atom. The van der Waals surface area contributed by atoms with Gasteiger partial charge >= 0.3 is 0 Å². The molecule has 6 aromatic carbocycles. The molecule has 9 rings (SSSR count). The summed E-state index contributed by atoms with van der Waals surface area (Å²) in [5, 5.41) is 10.0. The van der Waals surface area contributed by atoms with Gasteiger partial charge in [0, 0.05) is 17.0 Å². The van der Waals surface area contributed by atoms with Crippen molar-refractivity contribution in [1.29, 1.82) is 0 Å². The zero-order chi connectivity index (χ0) is 24.1. The van der Waals surface area contributed by atoms with Crippen LogP contribution in [0.1, 0.15) is 0 Å². The normalized spacial score (nSPS) is 12.3. The molecular formula is C34H19N3. The number of pyridine rings is 2. The highest BCUT2D eigenvalue weighted by Crippen LogP contribution is 2.40. The molecule has 0 aliphatic rings. The molecule has 3 nitrogen and oxygen atoms in total. The van der Waals surface area contributed by atoms with Crippen LogP contribution in [-0.4, -0.2) is 14.4 Å². The first kappa shape index (κ1) is 19.2. The van der Waals surface area contributed by atoms with Crippen molar-refractivity contribution in [2.45, 2.75) is 0 Å². The van der Waals surface area contributed by atoms with Gasteiger partial charge in [0.25, 0.3) is 0 Å². The molecule has 9 aromatic rings. The molecule has 0 N–H and O–H groups in total. The van der Waals surface area contributed by atoms with E-state index in [0.29, 0.717) is 0 Å². The van der Waals surface area contributed by atoms with Gasteiger partial charge in [-0.3, -0.25) is 9.38 Å². The molecule has 37 heavy (non-hydrogen) atoms. The molecule has 3 aromatic heterocycles. The summed E-state index contributed by atoms with van der Waals surface area (Å²) < 4.78 is 2.28. The van der Waals surface area contributed by atoms with Gasteiger partial charge in [0.1, 0.15) is 5.65 Å². The van der Waals surface area contributed by atoms with E-state index < -0.39 is 0 Å².